The quantitative estimate of drug-likeness (QED) is 0.168. The predicted octanol–water partition coefficient (Wildman–Crippen LogP) is 13.2. The average molecular weight is 765 g/mol. The van der Waals surface area contributed by atoms with Crippen molar-refractivity contribution in [2.75, 3.05) is 0 Å². The topological polar surface area (TPSA) is 77.3 Å². The lowest BCUT2D eigenvalue weighted by Crippen LogP contribution is -2.11. The van der Waals surface area contributed by atoms with E-state index in [9.17, 15) is 0 Å². The third-order valence-corrected chi connectivity index (χ3v) is 10.7. The third kappa shape index (κ3) is 8.97. The second-order valence-electron chi connectivity index (χ2n) is 19.5. The summed E-state index contributed by atoms with van der Waals surface area (Å²) in [6, 6.07) is 42.4. The number of nitrogens with zero attached hydrogens (tertiary/aromatic N) is 6. The molecule has 5 aromatic carbocycles. The summed E-state index contributed by atoms with van der Waals surface area (Å²) in [5, 5.41) is 0. The number of benzene rings is 5. The van der Waals surface area contributed by atoms with Crippen LogP contribution in [0.2, 0.25) is 0 Å². The molecule has 2 aromatic heterocycles. The molecule has 0 N–H and O–H groups in total. The summed E-state index contributed by atoms with van der Waals surface area (Å²) in [7, 11) is 0. The lowest BCUT2D eigenvalue weighted by molar-refractivity contribution is 0.590. The van der Waals surface area contributed by atoms with E-state index < -0.39 is 0 Å². The standard InChI is InChI=1S/C52H56N6/c1-49(2,3)39-24-16-33(17-25-39)43-53-44(34-18-26-40(27-19-34)50(4,5)6)56-47(55-43)37-14-13-15-38(32-37)48-57-45(35-20-28-41(29-21-35)51(7,8)9)54-46(58-48)36-22-30-42(31-23-36)52(10,11)12/h13-32H,1-12H3. The molecule has 6 heteroatoms. The summed E-state index contributed by atoms with van der Waals surface area (Å²) in [6.45, 7) is 26.7. The molecule has 0 radical (unpaired) electrons. The minimum atomic E-state index is 0.0315. The molecular weight excluding hydrogens is 709 g/mol. The number of hydrogen-bond donors (Lipinski definition) is 0. The van der Waals surface area contributed by atoms with Crippen LogP contribution < -0.4 is 0 Å². The molecule has 294 valence electrons. The minimum Gasteiger partial charge on any atom is -0.208 e. The van der Waals surface area contributed by atoms with Gasteiger partial charge in [0.25, 0.3) is 0 Å². The van der Waals surface area contributed by atoms with Gasteiger partial charge in [-0.05, 0) is 50.0 Å². The molecular formula is C52H56N6. The van der Waals surface area contributed by atoms with Crippen LogP contribution in [0.15, 0.2) is 121 Å². The van der Waals surface area contributed by atoms with Gasteiger partial charge in [0.05, 0.1) is 0 Å². The summed E-state index contributed by atoms with van der Waals surface area (Å²) in [5.74, 6) is 3.62. The summed E-state index contributed by atoms with van der Waals surface area (Å²) >= 11 is 0. The lowest BCUT2D eigenvalue weighted by Gasteiger charge is -2.19. The molecule has 0 bridgehead atoms. The molecule has 0 aliphatic rings. The Labute approximate surface area is 345 Å². The highest BCUT2D eigenvalue weighted by molar-refractivity contribution is 5.72. The van der Waals surface area contributed by atoms with E-state index in [1.54, 1.807) is 0 Å². The molecule has 0 amide bonds. The second kappa shape index (κ2) is 15.1. The van der Waals surface area contributed by atoms with Gasteiger partial charge in [0.2, 0.25) is 0 Å². The fraction of sp³-hybridized carbons (Fsp3) is 0.308. The van der Waals surface area contributed by atoms with E-state index >= 15 is 0 Å². The Kier molecular flexibility index (Phi) is 10.5. The van der Waals surface area contributed by atoms with Crippen molar-refractivity contribution in [3.8, 4) is 68.3 Å². The SMILES string of the molecule is CC(C)(C)c1ccc(-c2nc(-c3ccc(C(C)(C)C)cc3)nc(-c3cccc(-c4nc(-c5ccc(C(C)(C)C)cc5)nc(-c5ccc(C(C)(C)C)cc5)n4)c3)n2)cc1. The third-order valence-electron chi connectivity index (χ3n) is 10.7. The Balaban J connectivity index is 1.35. The molecule has 0 aliphatic heterocycles. The first-order chi connectivity index (χ1) is 27.2. The number of rotatable bonds is 6. The zero-order chi connectivity index (χ0) is 41.6. The van der Waals surface area contributed by atoms with Gasteiger partial charge in [-0.1, -0.05) is 198 Å². The molecule has 0 fully saturated rings. The van der Waals surface area contributed by atoms with Crippen molar-refractivity contribution >= 4 is 0 Å². The van der Waals surface area contributed by atoms with E-state index in [2.05, 4.69) is 186 Å². The van der Waals surface area contributed by atoms with Crippen LogP contribution in [0.25, 0.3) is 68.3 Å². The van der Waals surface area contributed by atoms with Crippen molar-refractivity contribution in [1.29, 1.82) is 0 Å². The average Bonchev–Trinajstić information content (AvgIpc) is 3.19. The maximum atomic E-state index is 5.09. The van der Waals surface area contributed by atoms with Crippen LogP contribution in [-0.2, 0) is 21.7 Å². The highest BCUT2D eigenvalue weighted by atomic mass is 15.0. The maximum Gasteiger partial charge on any atom is 0.164 e. The van der Waals surface area contributed by atoms with Crippen LogP contribution in [0.4, 0.5) is 0 Å². The summed E-state index contributed by atoms with van der Waals surface area (Å²) < 4.78 is 0. The van der Waals surface area contributed by atoms with Crippen LogP contribution in [-0.4, -0.2) is 29.9 Å². The number of aromatic nitrogens is 6. The molecule has 7 rings (SSSR count). The van der Waals surface area contributed by atoms with Crippen LogP contribution in [0.1, 0.15) is 105 Å². The van der Waals surface area contributed by atoms with Gasteiger partial charge in [0.1, 0.15) is 0 Å². The molecule has 0 saturated heterocycles. The summed E-state index contributed by atoms with van der Waals surface area (Å²) in [5.41, 5.74) is 10.5. The van der Waals surface area contributed by atoms with Crippen molar-refractivity contribution in [2.24, 2.45) is 0 Å². The molecule has 58 heavy (non-hydrogen) atoms. The maximum absolute atomic E-state index is 5.09. The normalized spacial score (nSPS) is 12.5. The molecule has 0 atom stereocenters. The van der Waals surface area contributed by atoms with E-state index in [4.69, 9.17) is 29.9 Å². The van der Waals surface area contributed by atoms with Gasteiger partial charge in [-0.2, -0.15) is 0 Å². The first kappa shape index (κ1) is 40.3. The Morgan fingerprint density at radius 3 is 0.621 bits per heavy atom. The zero-order valence-corrected chi connectivity index (χ0v) is 36.2. The van der Waals surface area contributed by atoms with Gasteiger partial charge in [0, 0.05) is 33.4 Å². The van der Waals surface area contributed by atoms with E-state index in [0.29, 0.717) is 34.9 Å². The molecule has 0 saturated carbocycles. The van der Waals surface area contributed by atoms with Crippen LogP contribution in [0.3, 0.4) is 0 Å². The lowest BCUT2D eigenvalue weighted by atomic mass is 9.86. The van der Waals surface area contributed by atoms with Gasteiger partial charge in [-0.25, -0.2) is 29.9 Å². The Hall–Kier alpha value is -5.88. The highest BCUT2D eigenvalue weighted by Crippen LogP contribution is 2.33. The molecule has 0 unspecified atom stereocenters. The Bertz CT molecular complexity index is 2210. The van der Waals surface area contributed by atoms with Gasteiger partial charge in [-0.3, -0.25) is 0 Å². The van der Waals surface area contributed by atoms with E-state index in [1.165, 1.54) is 22.3 Å². The van der Waals surface area contributed by atoms with E-state index in [-0.39, 0.29) is 21.7 Å². The fourth-order valence-corrected chi connectivity index (χ4v) is 6.80. The van der Waals surface area contributed by atoms with Crippen LogP contribution in [0, 0.1) is 0 Å². The molecule has 0 spiro atoms. The Morgan fingerprint density at radius 1 is 0.241 bits per heavy atom. The molecule has 6 nitrogen and oxygen atoms in total. The van der Waals surface area contributed by atoms with Crippen LogP contribution >= 0.6 is 0 Å². The van der Waals surface area contributed by atoms with Crippen molar-refractivity contribution in [3.63, 3.8) is 0 Å². The first-order valence-electron chi connectivity index (χ1n) is 20.3. The van der Waals surface area contributed by atoms with Gasteiger partial charge < -0.3 is 0 Å². The molecule has 0 aliphatic carbocycles. The molecule has 7 aromatic rings. The van der Waals surface area contributed by atoms with Crippen molar-refractivity contribution in [2.45, 2.75) is 105 Å². The monoisotopic (exact) mass is 764 g/mol. The van der Waals surface area contributed by atoms with Crippen LogP contribution in [0.5, 0.6) is 0 Å². The predicted molar refractivity (Wildman–Crippen MR) is 241 cm³/mol. The van der Waals surface area contributed by atoms with Crippen molar-refractivity contribution < 1.29 is 0 Å². The van der Waals surface area contributed by atoms with Gasteiger partial charge >= 0.3 is 0 Å². The molecule has 2 heterocycles. The second-order valence-corrected chi connectivity index (χ2v) is 19.5. The van der Waals surface area contributed by atoms with E-state index in [1.807, 2.05) is 18.2 Å². The van der Waals surface area contributed by atoms with Crippen molar-refractivity contribution in [1.82, 2.24) is 29.9 Å². The number of hydrogen-bond acceptors (Lipinski definition) is 6. The fourth-order valence-electron chi connectivity index (χ4n) is 6.80. The largest absolute Gasteiger partial charge is 0.208 e. The Morgan fingerprint density at radius 2 is 0.431 bits per heavy atom. The first-order valence-corrected chi connectivity index (χ1v) is 20.3. The minimum absolute atomic E-state index is 0.0315. The summed E-state index contributed by atoms with van der Waals surface area (Å²) in [6.07, 6.45) is 0. The summed E-state index contributed by atoms with van der Waals surface area (Å²) in [4.78, 5) is 30.5. The smallest absolute Gasteiger partial charge is 0.164 e. The zero-order valence-electron chi connectivity index (χ0n) is 36.2. The van der Waals surface area contributed by atoms with E-state index in [0.717, 1.165) is 33.4 Å². The highest BCUT2D eigenvalue weighted by Gasteiger charge is 2.20. The van der Waals surface area contributed by atoms with Gasteiger partial charge in [-0.15, -0.1) is 0 Å². The van der Waals surface area contributed by atoms with Gasteiger partial charge in [0.15, 0.2) is 34.9 Å². The van der Waals surface area contributed by atoms with Crippen molar-refractivity contribution in [3.05, 3.63) is 144 Å².